The lowest BCUT2D eigenvalue weighted by Gasteiger charge is -2.27. The molecule has 0 aromatic carbocycles. The fourth-order valence-corrected chi connectivity index (χ4v) is 7.35. The zero-order valence-corrected chi connectivity index (χ0v) is 35.2. The zero-order valence-electron chi connectivity index (χ0n) is 35.2. The van der Waals surface area contributed by atoms with Crippen molar-refractivity contribution in [2.24, 2.45) is 28.3 Å². The Kier molecular flexibility index (Phi) is 18.0. The third-order valence-corrected chi connectivity index (χ3v) is 10.9. The summed E-state index contributed by atoms with van der Waals surface area (Å²) in [6.07, 6.45) is 26.2. The summed E-state index contributed by atoms with van der Waals surface area (Å²) in [6.45, 7) is 18.3. The molecule has 0 aliphatic heterocycles. The van der Waals surface area contributed by atoms with E-state index in [2.05, 4.69) is 98.3 Å². The predicted molar refractivity (Wildman–Crippen MR) is 233 cm³/mol. The first kappa shape index (κ1) is 43.8. The van der Waals surface area contributed by atoms with Gasteiger partial charge in [-0.2, -0.15) is 4.98 Å². The zero-order chi connectivity index (χ0) is 39.7. The Morgan fingerprint density at radius 3 is 2.15 bits per heavy atom. The molecule has 3 aromatic rings. The van der Waals surface area contributed by atoms with Crippen LogP contribution in [0.25, 0.3) is 11.2 Å². The van der Waals surface area contributed by atoms with Gasteiger partial charge in [0.05, 0.1) is 18.1 Å². The summed E-state index contributed by atoms with van der Waals surface area (Å²) < 4.78 is 2.08. The van der Waals surface area contributed by atoms with Crippen LogP contribution in [0.5, 0.6) is 0 Å². The molecule has 0 radical (unpaired) electrons. The summed E-state index contributed by atoms with van der Waals surface area (Å²) in [7, 11) is 0. The van der Waals surface area contributed by atoms with Crippen molar-refractivity contribution in [1.82, 2.24) is 29.5 Å². The van der Waals surface area contributed by atoms with Crippen LogP contribution in [0.1, 0.15) is 143 Å². The van der Waals surface area contributed by atoms with Crippen LogP contribution in [-0.4, -0.2) is 66.9 Å². The Morgan fingerprint density at radius 2 is 1.55 bits per heavy atom. The van der Waals surface area contributed by atoms with Gasteiger partial charge in [-0.15, -0.1) is 0 Å². The number of nitrogens with one attached hydrogen (secondary N) is 3. The molecule has 0 saturated heterocycles. The number of aromatic nitrogens is 6. The molecule has 55 heavy (non-hydrogen) atoms. The molecular weight excluding hydrogens is 685 g/mol. The molecule has 3 fully saturated rings. The summed E-state index contributed by atoms with van der Waals surface area (Å²) in [5.41, 5.74) is 16.2. The number of nitrogens with two attached hydrogens (primary N) is 2. The van der Waals surface area contributed by atoms with E-state index in [1.807, 2.05) is 27.1 Å². The lowest BCUT2D eigenvalue weighted by Crippen LogP contribution is -2.33. The fraction of sp³-hybridized carbons (Fsp3) is 0.674. The number of aryl methyl sites for hydroxylation is 2. The van der Waals surface area contributed by atoms with Gasteiger partial charge in [-0.1, -0.05) is 70.3 Å². The van der Waals surface area contributed by atoms with Crippen LogP contribution < -0.4 is 27.4 Å². The number of rotatable bonds is 12. The lowest BCUT2D eigenvalue weighted by atomic mass is 9.88. The van der Waals surface area contributed by atoms with Gasteiger partial charge >= 0.3 is 0 Å². The van der Waals surface area contributed by atoms with Crippen LogP contribution in [0.2, 0.25) is 0 Å². The second-order valence-electron chi connectivity index (χ2n) is 16.2. The number of aliphatic imine (C=N–C) groups is 1. The Bertz CT molecular complexity index is 1660. The van der Waals surface area contributed by atoms with Crippen LogP contribution in [0.3, 0.4) is 0 Å². The minimum absolute atomic E-state index is 0.0725. The number of nitrogens with zero attached hydrogens (tertiary/aromatic N) is 7. The molecule has 304 valence electrons. The van der Waals surface area contributed by atoms with Crippen molar-refractivity contribution < 1.29 is 0 Å². The summed E-state index contributed by atoms with van der Waals surface area (Å²) in [5.74, 6) is 4.86. The molecule has 0 amide bonds. The maximum Gasteiger partial charge on any atom is 0.225 e. The molecule has 3 aliphatic carbocycles. The molecule has 7 N–H and O–H groups in total. The maximum atomic E-state index is 6.08. The monoisotopic (exact) mass is 757 g/mol. The number of imidazole rings is 1. The third-order valence-electron chi connectivity index (χ3n) is 10.9. The van der Waals surface area contributed by atoms with Gasteiger partial charge in [-0.25, -0.2) is 19.9 Å². The molecule has 3 heterocycles. The van der Waals surface area contributed by atoms with Gasteiger partial charge in [-0.3, -0.25) is 4.99 Å². The number of allylic oxidation sites excluding steroid dienone is 3. The second kappa shape index (κ2) is 22.6. The molecule has 1 atom stereocenters. The van der Waals surface area contributed by atoms with E-state index in [4.69, 9.17) is 16.5 Å². The van der Waals surface area contributed by atoms with E-state index in [0.29, 0.717) is 30.6 Å². The van der Waals surface area contributed by atoms with Gasteiger partial charge in [0, 0.05) is 37.4 Å². The van der Waals surface area contributed by atoms with E-state index in [0.717, 1.165) is 96.1 Å². The SMILES string of the molecule is CC1CCC(N)CC1.CC1CCCC1.CC=Nc1c(C)nc(NC2CCC(N)CC2)nc1NC/C(C)=C/C=C\C(C)n1cnc2c(NCCC)nc(C)nc21. The minimum Gasteiger partial charge on any atom is -0.368 e. The van der Waals surface area contributed by atoms with Crippen LogP contribution in [0, 0.1) is 25.7 Å². The number of hydrogen-bond acceptors (Lipinski definition) is 11. The van der Waals surface area contributed by atoms with Crippen LogP contribution in [0.15, 0.2) is 35.1 Å². The standard InChI is InChI=1S/C30H45N11.C7H15N.C6H12/c1-7-16-33-28-26-29(38-22(6)37-28)41(18-35-26)20(4)11-9-10-19(3)17-34-27-25(32-8-2)21(5)36-30(40-27)39-24-14-12-23(31)13-15-24;1-6-2-4-7(8)5-3-6;1-6-4-2-3-5-6/h8-11,18,20,23-24H,7,12-17,31H2,1-6H3,(H,33,37,38)(H2,34,36,39,40);6-7H,2-5,8H2,1H3;6H,2-5H2,1H3/b11-9-,19-10+,32-8?;;. The summed E-state index contributed by atoms with van der Waals surface area (Å²) in [6, 6.07) is 1.24. The highest BCUT2D eigenvalue weighted by Gasteiger charge is 2.20. The van der Waals surface area contributed by atoms with Crippen molar-refractivity contribution in [3.63, 3.8) is 0 Å². The van der Waals surface area contributed by atoms with Crippen molar-refractivity contribution in [3.8, 4) is 0 Å². The van der Waals surface area contributed by atoms with E-state index in [1.165, 1.54) is 51.4 Å². The van der Waals surface area contributed by atoms with E-state index in [1.54, 1.807) is 6.21 Å². The lowest BCUT2D eigenvalue weighted by molar-refractivity contribution is 0.348. The average molecular weight is 757 g/mol. The molecule has 3 aromatic heterocycles. The molecule has 0 bridgehead atoms. The van der Waals surface area contributed by atoms with Crippen molar-refractivity contribution >= 4 is 40.6 Å². The quantitative estimate of drug-likeness (QED) is 0.0886. The van der Waals surface area contributed by atoms with Gasteiger partial charge in [0.15, 0.2) is 17.3 Å². The van der Waals surface area contributed by atoms with E-state index < -0.39 is 0 Å². The summed E-state index contributed by atoms with van der Waals surface area (Å²) in [5, 5.41) is 10.4. The van der Waals surface area contributed by atoms with E-state index >= 15 is 0 Å². The molecule has 6 rings (SSSR count). The van der Waals surface area contributed by atoms with Crippen molar-refractivity contribution in [2.45, 2.75) is 163 Å². The molecule has 12 nitrogen and oxygen atoms in total. The van der Waals surface area contributed by atoms with Gasteiger partial charge in [0.2, 0.25) is 5.95 Å². The molecule has 3 saturated carbocycles. The highest BCUT2D eigenvalue weighted by atomic mass is 15.2. The first-order valence-electron chi connectivity index (χ1n) is 21.1. The molecule has 3 aliphatic rings. The smallest absolute Gasteiger partial charge is 0.225 e. The largest absolute Gasteiger partial charge is 0.368 e. The molecule has 12 heteroatoms. The normalized spacial score (nSPS) is 22.6. The topological polar surface area (TPSA) is 170 Å². The Balaban J connectivity index is 0.000000399. The molecule has 1 unspecified atom stereocenters. The van der Waals surface area contributed by atoms with Gasteiger partial charge in [0.25, 0.3) is 0 Å². The van der Waals surface area contributed by atoms with E-state index in [9.17, 15) is 0 Å². The Hall–Kier alpha value is -3.90. The number of anilines is 3. The van der Waals surface area contributed by atoms with E-state index in [-0.39, 0.29) is 6.04 Å². The Labute approximate surface area is 331 Å². The van der Waals surface area contributed by atoms with Crippen molar-refractivity contribution in [2.75, 3.05) is 29.0 Å². The summed E-state index contributed by atoms with van der Waals surface area (Å²) >= 11 is 0. The third kappa shape index (κ3) is 14.3. The molecular formula is C43H72N12. The predicted octanol–water partition coefficient (Wildman–Crippen LogP) is 9.35. The van der Waals surface area contributed by atoms with Gasteiger partial charge in [-0.05, 0) is 104 Å². The van der Waals surface area contributed by atoms with Crippen molar-refractivity contribution in [1.29, 1.82) is 0 Å². The first-order valence-corrected chi connectivity index (χ1v) is 21.1. The van der Waals surface area contributed by atoms with Crippen LogP contribution >= 0.6 is 0 Å². The number of fused-ring (bicyclic) bond motifs is 1. The maximum absolute atomic E-state index is 6.08. The average Bonchev–Trinajstić information content (AvgIpc) is 3.83. The number of hydrogen-bond donors (Lipinski definition) is 5. The van der Waals surface area contributed by atoms with Gasteiger partial charge in [0.1, 0.15) is 17.0 Å². The minimum atomic E-state index is 0.0725. The van der Waals surface area contributed by atoms with Crippen molar-refractivity contribution in [3.05, 3.63) is 41.6 Å². The highest BCUT2D eigenvalue weighted by Crippen LogP contribution is 2.29. The fourth-order valence-electron chi connectivity index (χ4n) is 7.35. The summed E-state index contributed by atoms with van der Waals surface area (Å²) in [4.78, 5) is 27.8. The second-order valence-corrected chi connectivity index (χ2v) is 16.2. The molecule has 0 spiro atoms. The van der Waals surface area contributed by atoms with Crippen LogP contribution in [-0.2, 0) is 0 Å². The first-order chi connectivity index (χ1) is 26.5. The highest BCUT2D eigenvalue weighted by molar-refractivity contribution is 5.83. The van der Waals surface area contributed by atoms with Gasteiger partial charge < -0.3 is 32.0 Å². The van der Waals surface area contributed by atoms with Crippen LogP contribution in [0.4, 0.5) is 23.3 Å². The Morgan fingerprint density at radius 1 is 0.891 bits per heavy atom.